The highest BCUT2D eigenvalue weighted by atomic mass is 32.2. The fourth-order valence-electron chi connectivity index (χ4n) is 1.97. The average Bonchev–Trinajstić information content (AvgIpc) is 2.71. The fraction of sp³-hybridized carbons (Fsp3) is 0. The van der Waals surface area contributed by atoms with Crippen LogP contribution in [-0.4, -0.2) is 18.1 Å². The van der Waals surface area contributed by atoms with Crippen molar-refractivity contribution in [1.29, 1.82) is 0 Å². The molecule has 0 saturated carbocycles. The zero-order chi connectivity index (χ0) is 13.7. The van der Waals surface area contributed by atoms with Crippen molar-refractivity contribution in [2.24, 2.45) is 0 Å². The SMILES string of the molecule is Nc1ccc2c(O)c3c(cc2c1S(=O)O)S(=O)ON3. The second-order valence-corrected chi connectivity index (χ2v) is 5.83. The van der Waals surface area contributed by atoms with E-state index >= 15 is 0 Å². The van der Waals surface area contributed by atoms with Crippen molar-refractivity contribution in [2.45, 2.75) is 9.79 Å². The van der Waals surface area contributed by atoms with Crippen LogP contribution in [0.15, 0.2) is 28.0 Å². The molecule has 100 valence electrons. The van der Waals surface area contributed by atoms with Crippen molar-refractivity contribution in [2.75, 3.05) is 11.2 Å². The van der Waals surface area contributed by atoms with Crippen molar-refractivity contribution in [1.82, 2.24) is 0 Å². The van der Waals surface area contributed by atoms with Gasteiger partial charge in [-0.1, -0.05) is 0 Å². The minimum absolute atomic E-state index is 0.0282. The lowest BCUT2D eigenvalue weighted by Crippen LogP contribution is -1.98. The zero-order valence-corrected chi connectivity index (χ0v) is 10.9. The van der Waals surface area contributed by atoms with Gasteiger partial charge in [0.2, 0.25) is 11.1 Å². The smallest absolute Gasteiger partial charge is 0.214 e. The maximum Gasteiger partial charge on any atom is 0.214 e. The minimum Gasteiger partial charge on any atom is -0.505 e. The average molecular weight is 300 g/mol. The van der Waals surface area contributed by atoms with Crippen LogP contribution in [0.1, 0.15) is 0 Å². The Kier molecular flexibility index (Phi) is 2.71. The molecule has 2 unspecified atom stereocenters. The van der Waals surface area contributed by atoms with Crippen LogP contribution in [0.25, 0.3) is 10.8 Å². The van der Waals surface area contributed by atoms with Crippen LogP contribution in [0.3, 0.4) is 0 Å². The lowest BCUT2D eigenvalue weighted by atomic mass is 10.1. The van der Waals surface area contributed by atoms with Crippen molar-refractivity contribution in [3.05, 3.63) is 18.2 Å². The van der Waals surface area contributed by atoms with E-state index in [-0.39, 0.29) is 32.3 Å². The molecule has 0 bridgehead atoms. The number of fused-ring (bicyclic) bond motifs is 2. The highest BCUT2D eigenvalue weighted by molar-refractivity contribution is 7.81. The third kappa shape index (κ3) is 1.70. The standard InChI is InChI=1S/C10H8N2O5S2/c11-6-2-1-4-5(10(6)18(14)15)3-7-8(9(4)13)12-17-19(7)16/h1-3,12-13H,11H2,(H,14,15). The summed E-state index contributed by atoms with van der Waals surface area (Å²) < 4.78 is 36.9. The van der Waals surface area contributed by atoms with Crippen LogP contribution in [0.5, 0.6) is 5.75 Å². The Balaban J connectivity index is 2.49. The molecule has 9 heteroatoms. The molecule has 0 aliphatic carbocycles. The molecular formula is C10H8N2O5S2. The number of nitrogen functional groups attached to an aromatic ring is 1. The molecule has 1 aliphatic heterocycles. The molecule has 1 heterocycles. The lowest BCUT2D eigenvalue weighted by molar-refractivity contribution is 0.441. The number of phenols is 1. The number of anilines is 2. The molecule has 0 aromatic heterocycles. The van der Waals surface area contributed by atoms with Crippen molar-refractivity contribution in [3.63, 3.8) is 0 Å². The Hall–Kier alpha value is -1.68. The molecule has 2 atom stereocenters. The summed E-state index contributed by atoms with van der Waals surface area (Å²) in [5.74, 6) is -0.204. The Morgan fingerprint density at radius 3 is 2.79 bits per heavy atom. The Morgan fingerprint density at radius 2 is 2.11 bits per heavy atom. The first kappa shape index (κ1) is 12.4. The maximum absolute atomic E-state index is 11.6. The number of rotatable bonds is 1. The van der Waals surface area contributed by atoms with E-state index in [0.717, 1.165) is 0 Å². The molecule has 5 N–H and O–H groups in total. The first-order valence-corrected chi connectivity index (χ1v) is 7.23. The molecule has 19 heavy (non-hydrogen) atoms. The highest BCUT2D eigenvalue weighted by Gasteiger charge is 2.26. The third-order valence-corrected chi connectivity index (χ3v) is 4.53. The van der Waals surface area contributed by atoms with Gasteiger partial charge in [-0.05, 0) is 18.2 Å². The van der Waals surface area contributed by atoms with Gasteiger partial charge in [0.15, 0.2) is 11.1 Å². The summed E-state index contributed by atoms with van der Waals surface area (Å²) in [5, 5.41) is 10.7. The topological polar surface area (TPSA) is 122 Å². The predicted molar refractivity (Wildman–Crippen MR) is 70.2 cm³/mol. The molecule has 0 radical (unpaired) electrons. The molecule has 0 fully saturated rings. The van der Waals surface area contributed by atoms with E-state index in [0.29, 0.717) is 5.39 Å². The lowest BCUT2D eigenvalue weighted by Gasteiger charge is -2.10. The monoisotopic (exact) mass is 300 g/mol. The second-order valence-electron chi connectivity index (χ2n) is 3.85. The summed E-state index contributed by atoms with van der Waals surface area (Å²) in [6, 6.07) is 4.35. The van der Waals surface area contributed by atoms with Crippen LogP contribution in [0.4, 0.5) is 11.4 Å². The van der Waals surface area contributed by atoms with Crippen LogP contribution in [0.2, 0.25) is 0 Å². The predicted octanol–water partition coefficient (Wildman–Crippen LogP) is 1.09. The number of nitrogens with one attached hydrogen (secondary N) is 1. The Bertz CT molecular complexity index is 761. The minimum atomic E-state index is -2.33. The van der Waals surface area contributed by atoms with E-state index in [2.05, 4.69) is 5.48 Å². The van der Waals surface area contributed by atoms with Gasteiger partial charge >= 0.3 is 0 Å². The summed E-state index contributed by atoms with van der Waals surface area (Å²) in [7, 11) is 0. The molecule has 2 aromatic carbocycles. The summed E-state index contributed by atoms with van der Waals surface area (Å²) in [6.07, 6.45) is 0. The first-order valence-electron chi connectivity index (χ1n) is 5.05. The van der Waals surface area contributed by atoms with Gasteiger partial charge in [0.25, 0.3) is 0 Å². The van der Waals surface area contributed by atoms with Crippen LogP contribution >= 0.6 is 0 Å². The number of hydrogen-bond acceptors (Lipinski definition) is 6. The Labute approximate surface area is 112 Å². The molecular weight excluding hydrogens is 292 g/mol. The first-order chi connectivity index (χ1) is 9.00. The van der Waals surface area contributed by atoms with E-state index in [1.807, 2.05) is 0 Å². The van der Waals surface area contributed by atoms with Gasteiger partial charge in [0.05, 0.1) is 15.5 Å². The Morgan fingerprint density at radius 1 is 1.37 bits per heavy atom. The van der Waals surface area contributed by atoms with Crippen LogP contribution in [-0.2, 0) is 26.4 Å². The van der Waals surface area contributed by atoms with Crippen LogP contribution in [0, 0.1) is 0 Å². The van der Waals surface area contributed by atoms with Crippen molar-refractivity contribution < 1.29 is 22.4 Å². The van der Waals surface area contributed by atoms with E-state index in [1.54, 1.807) is 0 Å². The number of hydrogen-bond donors (Lipinski definition) is 4. The highest BCUT2D eigenvalue weighted by Crippen LogP contribution is 2.43. The van der Waals surface area contributed by atoms with E-state index < -0.39 is 22.2 Å². The normalized spacial score (nSPS) is 19.1. The quantitative estimate of drug-likeness (QED) is 0.353. The molecule has 0 saturated heterocycles. The fourth-order valence-corrected chi connectivity index (χ4v) is 3.36. The second kappa shape index (κ2) is 4.17. The van der Waals surface area contributed by atoms with Crippen LogP contribution < -0.4 is 11.2 Å². The van der Waals surface area contributed by atoms with E-state index in [4.69, 9.17) is 10.0 Å². The number of phenolic OH excluding ortho intramolecular Hbond substituents is 1. The summed E-state index contributed by atoms with van der Waals surface area (Å²) in [5.41, 5.74) is 8.32. The van der Waals surface area contributed by atoms with Gasteiger partial charge in [-0.3, -0.25) is 0 Å². The van der Waals surface area contributed by atoms with Gasteiger partial charge in [-0.25, -0.2) is 13.9 Å². The molecule has 1 aliphatic rings. The van der Waals surface area contributed by atoms with Gasteiger partial charge in [-0.2, -0.15) is 4.28 Å². The van der Waals surface area contributed by atoms with Gasteiger partial charge in [-0.15, -0.1) is 0 Å². The van der Waals surface area contributed by atoms with Crippen molar-refractivity contribution in [3.8, 4) is 5.75 Å². The van der Waals surface area contributed by atoms with Gasteiger partial charge in [0, 0.05) is 10.8 Å². The number of benzene rings is 2. The zero-order valence-electron chi connectivity index (χ0n) is 9.25. The molecule has 2 aromatic rings. The van der Waals surface area contributed by atoms with E-state index in [1.165, 1.54) is 18.2 Å². The van der Waals surface area contributed by atoms with Gasteiger partial charge < -0.3 is 15.4 Å². The molecule has 0 spiro atoms. The summed E-state index contributed by atoms with van der Waals surface area (Å²) in [4.78, 5) is 0.168. The maximum atomic E-state index is 11.6. The number of nitrogens with two attached hydrogens (primary N) is 1. The summed E-state index contributed by atoms with van der Waals surface area (Å²) in [6.45, 7) is 0. The molecule has 3 rings (SSSR count). The summed E-state index contributed by atoms with van der Waals surface area (Å²) >= 11 is -4.11. The third-order valence-electron chi connectivity index (χ3n) is 2.81. The molecule has 7 nitrogen and oxygen atoms in total. The van der Waals surface area contributed by atoms with Crippen molar-refractivity contribution >= 4 is 44.3 Å². The van der Waals surface area contributed by atoms with Gasteiger partial charge in [0.1, 0.15) is 11.4 Å². The van der Waals surface area contributed by atoms with E-state index in [9.17, 15) is 18.1 Å². The molecule has 0 amide bonds. The largest absolute Gasteiger partial charge is 0.505 e. The number of aromatic hydroxyl groups is 1.